The van der Waals surface area contributed by atoms with Gasteiger partial charge in [0.2, 0.25) is 0 Å². The summed E-state index contributed by atoms with van der Waals surface area (Å²) in [6.45, 7) is 4.32. The fourth-order valence-corrected chi connectivity index (χ4v) is 1.96. The lowest BCUT2D eigenvalue weighted by Gasteiger charge is -2.18. The molecule has 4 heteroatoms. The Morgan fingerprint density at radius 2 is 2.13 bits per heavy atom. The Labute approximate surface area is 104 Å². The number of anilines is 1. The van der Waals surface area contributed by atoms with Crippen LogP contribution in [0.2, 0.25) is 5.02 Å². The smallest absolute Gasteiger partial charge is 0.0608 e. The number of benzene rings is 1. The van der Waals surface area contributed by atoms with Crippen LogP contribution in [0.3, 0.4) is 0 Å². The van der Waals surface area contributed by atoms with E-state index in [0.29, 0.717) is 11.4 Å². The zero-order valence-electron chi connectivity index (χ0n) is 8.85. The van der Waals surface area contributed by atoms with E-state index in [0.717, 1.165) is 16.7 Å². The van der Waals surface area contributed by atoms with E-state index in [1.807, 2.05) is 18.2 Å². The molecule has 1 aromatic rings. The molecule has 15 heavy (non-hydrogen) atoms. The van der Waals surface area contributed by atoms with Crippen LogP contribution in [0.25, 0.3) is 0 Å². The molecule has 0 fully saturated rings. The molecule has 0 radical (unpaired) electrons. The first kappa shape index (κ1) is 12.8. The zero-order chi connectivity index (χ0) is 11.5. The van der Waals surface area contributed by atoms with Gasteiger partial charge in [0.05, 0.1) is 5.60 Å². The van der Waals surface area contributed by atoms with E-state index in [2.05, 4.69) is 21.2 Å². The summed E-state index contributed by atoms with van der Waals surface area (Å²) in [5.41, 5.74) is 0.356. The van der Waals surface area contributed by atoms with E-state index in [1.165, 1.54) is 0 Å². The Hall–Kier alpha value is -0.250. The maximum absolute atomic E-state index is 9.54. The molecule has 0 spiro atoms. The highest BCUT2D eigenvalue weighted by molar-refractivity contribution is 9.10. The van der Waals surface area contributed by atoms with Crippen LogP contribution in [0.5, 0.6) is 0 Å². The Morgan fingerprint density at radius 3 is 2.67 bits per heavy atom. The maximum Gasteiger partial charge on any atom is 0.0608 e. The van der Waals surface area contributed by atoms with Gasteiger partial charge in [0.15, 0.2) is 0 Å². The summed E-state index contributed by atoms with van der Waals surface area (Å²) in [6, 6.07) is 5.59. The Balaban J connectivity index is 2.51. The maximum atomic E-state index is 9.54. The van der Waals surface area contributed by atoms with E-state index in [4.69, 9.17) is 11.6 Å². The van der Waals surface area contributed by atoms with Gasteiger partial charge in [0.1, 0.15) is 0 Å². The molecule has 1 aromatic carbocycles. The summed E-state index contributed by atoms with van der Waals surface area (Å²) in [4.78, 5) is 0. The van der Waals surface area contributed by atoms with Crippen LogP contribution in [-0.2, 0) is 0 Å². The summed E-state index contributed by atoms with van der Waals surface area (Å²) in [7, 11) is 0. The van der Waals surface area contributed by atoms with E-state index in [9.17, 15) is 5.11 Å². The predicted octanol–water partition coefficient (Wildman–Crippen LogP) is 3.68. The van der Waals surface area contributed by atoms with Gasteiger partial charge in [-0.1, -0.05) is 11.6 Å². The second-order valence-corrected chi connectivity index (χ2v) is 5.40. The molecule has 0 aliphatic rings. The zero-order valence-corrected chi connectivity index (χ0v) is 11.2. The number of halogens is 2. The summed E-state index contributed by atoms with van der Waals surface area (Å²) in [5, 5.41) is 13.5. The lowest BCUT2D eigenvalue weighted by Crippen LogP contribution is -2.22. The molecule has 0 amide bonds. The molecule has 84 valence electrons. The van der Waals surface area contributed by atoms with E-state index in [-0.39, 0.29) is 0 Å². The topological polar surface area (TPSA) is 32.3 Å². The summed E-state index contributed by atoms with van der Waals surface area (Å²) >= 11 is 9.24. The minimum atomic E-state index is -0.633. The van der Waals surface area contributed by atoms with Crippen LogP contribution in [0.1, 0.15) is 20.3 Å². The van der Waals surface area contributed by atoms with Gasteiger partial charge >= 0.3 is 0 Å². The first-order valence-corrected chi connectivity index (χ1v) is 5.97. The quantitative estimate of drug-likeness (QED) is 0.887. The third kappa shape index (κ3) is 4.87. The molecule has 0 atom stereocenters. The lowest BCUT2D eigenvalue weighted by molar-refractivity contribution is 0.0749. The lowest BCUT2D eigenvalue weighted by atomic mass is 10.1. The van der Waals surface area contributed by atoms with Crippen LogP contribution < -0.4 is 5.32 Å². The van der Waals surface area contributed by atoms with Gasteiger partial charge in [-0.05, 0) is 54.4 Å². The highest BCUT2D eigenvalue weighted by atomic mass is 79.9. The summed E-state index contributed by atoms with van der Waals surface area (Å²) in [5.74, 6) is 0. The first-order valence-electron chi connectivity index (χ1n) is 4.80. The summed E-state index contributed by atoms with van der Waals surface area (Å²) < 4.78 is 0.936. The van der Waals surface area contributed by atoms with Gasteiger partial charge in [-0.15, -0.1) is 0 Å². The van der Waals surface area contributed by atoms with Crippen molar-refractivity contribution in [3.8, 4) is 0 Å². The van der Waals surface area contributed by atoms with Gasteiger partial charge in [0.25, 0.3) is 0 Å². The van der Waals surface area contributed by atoms with Crippen LogP contribution in [0.4, 0.5) is 5.69 Å². The van der Waals surface area contributed by atoms with Crippen molar-refractivity contribution >= 4 is 33.2 Å². The predicted molar refractivity (Wildman–Crippen MR) is 68.6 cm³/mol. The highest BCUT2D eigenvalue weighted by Gasteiger charge is 2.11. The molecular formula is C11H15BrClNO. The van der Waals surface area contributed by atoms with Gasteiger partial charge in [-0.3, -0.25) is 0 Å². The van der Waals surface area contributed by atoms with Crippen LogP contribution in [0, 0.1) is 0 Å². The number of rotatable bonds is 4. The Morgan fingerprint density at radius 1 is 1.47 bits per heavy atom. The third-order valence-corrected chi connectivity index (χ3v) is 2.87. The number of hydrogen-bond acceptors (Lipinski definition) is 2. The van der Waals surface area contributed by atoms with Crippen molar-refractivity contribution in [2.45, 2.75) is 25.9 Å². The average Bonchev–Trinajstić information content (AvgIpc) is 2.07. The van der Waals surface area contributed by atoms with E-state index < -0.39 is 5.60 Å². The van der Waals surface area contributed by atoms with Crippen molar-refractivity contribution in [3.63, 3.8) is 0 Å². The first-order chi connectivity index (χ1) is 6.88. The fraction of sp³-hybridized carbons (Fsp3) is 0.455. The number of hydrogen-bond donors (Lipinski definition) is 2. The Bertz CT molecular complexity index is 336. The second kappa shape index (κ2) is 5.19. The molecule has 1 rings (SSSR count). The number of nitrogens with one attached hydrogen (secondary N) is 1. The average molecular weight is 293 g/mol. The van der Waals surface area contributed by atoms with E-state index >= 15 is 0 Å². The molecule has 0 heterocycles. The van der Waals surface area contributed by atoms with Gasteiger partial charge in [-0.25, -0.2) is 0 Å². The fourth-order valence-electron chi connectivity index (χ4n) is 1.14. The van der Waals surface area contributed by atoms with Crippen molar-refractivity contribution in [1.82, 2.24) is 0 Å². The van der Waals surface area contributed by atoms with Gasteiger partial charge in [0, 0.05) is 21.7 Å². The monoisotopic (exact) mass is 291 g/mol. The van der Waals surface area contributed by atoms with Gasteiger partial charge in [-0.2, -0.15) is 0 Å². The molecule has 0 aromatic heterocycles. The van der Waals surface area contributed by atoms with Gasteiger partial charge < -0.3 is 10.4 Å². The molecule has 0 aliphatic heterocycles. The van der Waals surface area contributed by atoms with Crippen molar-refractivity contribution < 1.29 is 5.11 Å². The normalized spacial score (nSPS) is 11.5. The van der Waals surface area contributed by atoms with Crippen LogP contribution >= 0.6 is 27.5 Å². The molecule has 0 saturated carbocycles. The second-order valence-electron chi connectivity index (χ2n) is 4.11. The molecular weight excluding hydrogens is 277 g/mol. The third-order valence-electron chi connectivity index (χ3n) is 1.98. The molecule has 2 N–H and O–H groups in total. The van der Waals surface area contributed by atoms with E-state index in [1.54, 1.807) is 13.8 Å². The highest BCUT2D eigenvalue weighted by Crippen LogP contribution is 2.26. The molecule has 0 unspecified atom stereocenters. The SMILES string of the molecule is CC(C)(O)CCNc1ccc(Cl)cc1Br. The van der Waals surface area contributed by atoms with Crippen molar-refractivity contribution in [2.24, 2.45) is 0 Å². The van der Waals surface area contributed by atoms with Crippen molar-refractivity contribution in [2.75, 3.05) is 11.9 Å². The minimum absolute atomic E-state index is 0.633. The Kier molecular flexibility index (Phi) is 4.44. The molecule has 0 aliphatic carbocycles. The molecule has 0 saturated heterocycles. The van der Waals surface area contributed by atoms with Crippen molar-refractivity contribution in [3.05, 3.63) is 27.7 Å². The number of aliphatic hydroxyl groups is 1. The summed E-state index contributed by atoms with van der Waals surface area (Å²) in [6.07, 6.45) is 0.696. The van der Waals surface area contributed by atoms with Crippen molar-refractivity contribution in [1.29, 1.82) is 0 Å². The standard InChI is InChI=1S/C11H15BrClNO/c1-11(2,15)5-6-14-10-4-3-8(13)7-9(10)12/h3-4,7,14-15H,5-6H2,1-2H3. The minimum Gasteiger partial charge on any atom is -0.390 e. The largest absolute Gasteiger partial charge is 0.390 e. The van der Waals surface area contributed by atoms with Crippen LogP contribution in [-0.4, -0.2) is 17.3 Å². The molecule has 2 nitrogen and oxygen atoms in total. The van der Waals surface area contributed by atoms with Crippen LogP contribution in [0.15, 0.2) is 22.7 Å². The molecule has 0 bridgehead atoms.